The number of aromatic hydroxyl groups is 3. The van der Waals surface area contributed by atoms with Gasteiger partial charge in [-0.05, 0) is 61.6 Å². The smallest absolute Gasteiger partial charge is 0.235 e. The van der Waals surface area contributed by atoms with Crippen molar-refractivity contribution in [3.05, 3.63) is 51.7 Å². The van der Waals surface area contributed by atoms with E-state index < -0.39 is 11.2 Å². The molecule has 190 valence electrons. The van der Waals surface area contributed by atoms with Gasteiger partial charge in [0.1, 0.15) is 17.1 Å². The summed E-state index contributed by atoms with van der Waals surface area (Å²) in [7, 11) is 0. The maximum Gasteiger partial charge on any atom is 0.235 e. The first kappa shape index (κ1) is 26.6. The van der Waals surface area contributed by atoms with Crippen molar-refractivity contribution in [3.8, 4) is 28.6 Å². The van der Waals surface area contributed by atoms with Crippen molar-refractivity contribution in [1.82, 2.24) is 0 Å². The predicted octanol–water partition coefficient (Wildman–Crippen LogP) is 6.71. The lowest BCUT2D eigenvalue weighted by Crippen LogP contribution is -2.03. The highest BCUT2D eigenvalue weighted by Gasteiger charge is 2.18. The molecule has 0 amide bonds. The third-order valence-corrected chi connectivity index (χ3v) is 6.63. The van der Waals surface area contributed by atoms with Crippen LogP contribution >= 0.6 is 0 Å². The van der Waals surface area contributed by atoms with Gasteiger partial charge in [0.15, 0.2) is 5.76 Å². The Bertz CT molecular complexity index is 1160. The summed E-state index contributed by atoms with van der Waals surface area (Å²) < 4.78 is 5.80. The molecule has 4 N–H and O–H groups in total. The monoisotopic (exact) mass is 482 g/mol. The van der Waals surface area contributed by atoms with Crippen molar-refractivity contribution in [2.45, 2.75) is 84.0 Å². The number of phenolic OH excluding ortho intramolecular Hbond substituents is 2. The fraction of sp³-hybridized carbons (Fsp3) is 0.483. The molecule has 0 fully saturated rings. The number of fused-ring (bicyclic) bond motifs is 1. The molecule has 6 heteroatoms. The lowest BCUT2D eigenvalue weighted by atomic mass is 10.0. The Balaban J connectivity index is 1.54. The Kier molecular flexibility index (Phi) is 10.0. The summed E-state index contributed by atoms with van der Waals surface area (Å²) in [5.41, 5.74) is 1.43. The van der Waals surface area contributed by atoms with Crippen molar-refractivity contribution >= 4 is 11.0 Å². The van der Waals surface area contributed by atoms with Crippen molar-refractivity contribution in [1.29, 1.82) is 0 Å². The summed E-state index contributed by atoms with van der Waals surface area (Å²) in [4.78, 5) is 12.9. The van der Waals surface area contributed by atoms with Gasteiger partial charge in [-0.15, -0.1) is 0 Å². The fourth-order valence-electron chi connectivity index (χ4n) is 4.48. The Morgan fingerprint density at radius 3 is 1.94 bits per heavy atom. The van der Waals surface area contributed by atoms with E-state index in [9.17, 15) is 20.1 Å². The van der Waals surface area contributed by atoms with E-state index >= 15 is 0 Å². The van der Waals surface area contributed by atoms with Gasteiger partial charge in [-0.2, -0.15) is 0 Å². The molecular formula is C29H38O6. The molecule has 0 saturated heterocycles. The van der Waals surface area contributed by atoms with Crippen LogP contribution in [0.2, 0.25) is 0 Å². The Hall–Kier alpha value is -2.99. The predicted molar refractivity (Wildman–Crippen MR) is 139 cm³/mol. The number of rotatable bonds is 14. The summed E-state index contributed by atoms with van der Waals surface area (Å²) in [5.74, 6) is -0.264. The molecule has 1 aromatic heterocycles. The van der Waals surface area contributed by atoms with Gasteiger partial charge < -0.3 is 24.8 Å². The fourth-order valence-corrected chi connectivity index (χ4v) is 4.48. The van der Waals surface area contributed by atoms with Gasteiger partial charge in [-0.25, -0.2) is 0 Å². The van der Waals surface area contributed by atoms with Crippen LogP contribution in [0.25, 0.3) is 22.3 Å². The molecule has 0 aliphatic carbocycles. The van der Waals surface area contributed by atoms with Crippen LogP contribution in [0.1, 0.15) is 81.8 Å². The Morgan fingerprint density at radius 1 is 0.743 bits per heavy atom. The van der Waals surface area contributed by atoms with Crippen molar-refractivity contribution in [2.24, 2.45) is 0 Å². The van der Waals surface area contributed by atoms with E-state index in [1.807, 2.05) is 0 Å². The van der Waals surface area contributed by atoms with Gasteiger partial charge in [0.25, 0.3) is 0 Å². The molecule has 3 aromatic rings. The highest BCUT2D eigenvalue weighted by atomic mass is 16.4. The summed E-state index contributed by atoms with van der Waals surface area (Å²) in [6.45, 7) is 2.02. The number of hydrogen-bond acceptors (Lipinski definition) is 6. The van der Waals surface area contributed by atoms with Crippen LogP contribution in [-0.4, -0.2) is 27.0 Å². The number of aliphatic hydroxyl groups is 1. The molecule has 0 aliphatic heterocycles. The topological polar surface area (TPSA) is 111 Å². The molecule has 1 heterocycles. The summed E-state index contributed by atoms with van der Waals surface area (Å²) >= 11 is 0. The third-order valence-electron chi connectivity index (χ3n) is 6.63. The molecule has 0 saturated carbocycles. The van der Waals surface area contributed by atoms with E-state index in [0.29, 0.717) is 29.7 Å². The van der Waals surface area contributed by atoms with Gasteiger partial charge in [0, 0.05) is 18.2 Å². The molecular weight excluding hydrogens is 444 g/mol. The average molecular weight is 483 g/mol. The number of unbranched alkanes of at least 4 members (excludes halogenated alkanes) is 10. The summed E-state index contributed by atoms with van der Waals surface area (Å²) in [5, 5.41) is 39.8. The number of phenols is 2. The molecule has 3 rings (SSSR count). The largest absolute Gasteiger partial charge is 0.508 e. The number of aryl methyl sites for hydroxylation is 2. The lowest BCUT2D eigenvalue weighted by Gasteiger charge is -2.10. The molecule has 0 aliphatic rings. The Morgan fingerprint density at radius 2 is 1.34 bits per heavy atom. The van der Waals surface area contributed by atoms with Crippen molar-refractivity contribution in [3.63, 3.8) is 0 Å². The minimum absolute atomic E-state index is 0.0166. The van der Waals surface area contributed by atoms with E-state index in [-0.39, 0.29) is 28.2 Å². The third kappa shape index (κ3) is 7.25. The van der Waals surface area contributed by atoms with E-state index in [4.69, 9.17) is 9.52 Å². The summed E-state index contributed by atoms with van der Waals surface area (Å²) in [6, 6.07) is 7.75. The second kappa shape index (κ2) is 13.2. The van der Waals surface area contributed by atoms with Gasteiger partial charge in [-0.1, -0.05) is 57.8 Å². The highest BCUT2D eigenvalue weighted by Crippen LogP contribution is 2.34. The summed E-state index contributed by atoms with van der Waals surface area (Å²) in [6.07, 6.45) is 13.3. The van der Waals surface area contributed by atoms with Crippen LogP contribution in [0.15, 0.2) is 39.5 Å². The van der Waals surface area contributed by atoms with Crippen LogP contribution < -0.4 is 5.43 Å². The van der Waals surface area contributed by atoms with E-state index in [2.05, 4.69) is 0 Å². The second-order valence-corrected chi connectivity index (χ2v) is 9.45. The zero-order valence-electron chi connectivity index (χ0n) is 20.7. The minimum atomic E-state index is -0.537. The van der Waals surface area contributed by atoms with Crippen molar-refractivity contribution < 1.29 is 24.8 Å². The average Bonchev–Trinajstić information content (AvgIpc) is 2.84. The first-order chi connectivity index (χ1) is 16.9. The van der Waals surface area contributed by atoms with E-state index in [1.54, 1.807) is 25.1 Å². The maximum atomic E-state index is 12.9. The molecule has 0 spiro atoms. The molecule has 0 radical (unpaired) electrons. The van der Waals surface area contributed by atoms with Gasteiger partial charge in [-0.3, -0.25) is 4.79 Å². The normalized spacial score (nSPS) is 11.4. The molecule has 2 aromatic carbocycles. The first-order valence-corrected chi connectivity index (χ1v) is 12.8. The number of hydrogen-bond donors (Lipinski definition) is 4. The van der Waals surface area contributed by atoms with Gasteiger partial charge in [0.2, 0.25) is 11.2 Å². The molecule has 0 bridgehead atoms. The van der Waals surface area contributed by atoms with Crippen LogP contribution in [0.5, 0.6) is 17.2 Å². The Labute approximate surface area is 206 Å². The number of aliphatic hydroxyl groups excluding tert-OH is 1. The van der Waals surface area contributed by atoms with Crippen LogP contribution in [0, 0.1) is 6.92 Å². The standard InChI is InChI=1S/C29H38O6/c1-20-17-22(14-15-24(20)31)29-28(34)27(33)23-18-21(25(32)19-26(23)35-29)13-11-9-7-5-3-2-4-6-8-10-12-16-30/h14-15,17-19,30-32,34H,2-13,16H2,1H3. The molecule has 0 unspecified atom stereocenters. The zero-order valence-corrected chi connectivity index (χ0v) is 20.7. The van der Waals surface area contributed by atoms with Crippen LogP contribution in [-0.2, 0) is 6.42 Å². The zero-order chi connectivity index (χ0) is 25.2. The van der Waals surface area contributed by atoms with Gasteiger partial charge in [0.05, 0.1) is 5.39 Å². The first-order valence-electron chi connectivity index (χ1n) is 12.8. The second-order valence-electron chi connectivity index (χ2n) is 9.45. The molecule has 6 nitrogen and oxygen atoms in total. The van der Waals surface area contributed by atoms with E-state index in [1.165, 1.54) is 50.7 Å². The molecule has 0 atom stereocenters. The SMILES string of the molecule is Cc1cc(-c2oc3cc(O)c(CCCCCCCCCCCCCO)cc3c(=O)c2O)ccc1O. The van der Waals surface area contributed by atoms with Crippen molar-refractivity contribution in [2.75, 3.05) is 6.61 Å². The highest BCUT2D eigenvalue weighted by molar-refractivity contribution is 5.84. The number of benzene rings is 2. The van der Waals surface area contributed by atoms with E-state index in [0.717, 1.165) is 32.1 Å². The maximum absolute atomic E-state index is 12.9. The van der Waals surface area contributed by atoms with Gasteiger partial charge >= 0.3 is 0 Å². The minimum Gasteiger partial charge on any atom is -0.508 e. The van der Waals surface area contributed by atoms with Crippen LogP contribution in [0.4, 0.5) is 0 Å². The lowest BCUT2D eigenvalue weighted by molar-refractivity contribution is 0.282. The van der Waals surface area contributed by atoms with Crippen LogP contribution in [0.3, 0.4) is 0 Å². The molecule has 35 heavy (non-hydrogen) atoms. The quantitative estimate of drug-likeness (QED) is 0.190.